The standard InChI is InChI=1S/C16H25N3O3S2.ClH/c1-12-5-6-14(23-12)24(21,22)19-8-3-4-13(19)15(20)18-9-7-16(2,10-17)11-18;/h5-6,13H,3-4,7-11,17H2,1-2H3;1H. The zero-order valence-electron chi connectivity index (χ0n) is 14.6. The normalized spacial score (nSPS) is 27.5. The molecule has 1 amide bonds. The van der Waals surface area contributed by atoms with Crippen LogP contribution in [0.25, 0.3) is 0 Å². The molecule has 3 rings (SSSR count). The Morgan fingerprint density at radius 3 is 2.68 bits per heavy atom. The van der Waals surface area contributed by atoms with Gasteiger partial charge in [-0.05, 0) is 50.3 Å². The minimum Gasteiger partial charge on any atom is -0.341 e. The number of carbonyl (C=O) groups excluding carboxylic acids is 1. The highest BCUT2D eigenvalue weighted by molar-refractivity contribution is 7.91. The number of hydrogen-bond acceptors (Lipinski definition) is 5. The summed E-state index contributed by atoms with van der Waals surface area (Å²) >= 11 is 1.26. The van der Waals surface area contributed by atoms with Crippen molar-refractivity contribution in [1.82, 2.24) is 9.21 Å². The zero-order chi connectivity index (χ0) is 17.5. The van der Waals surface area contributed by atoms with Crippen LogP contribution in [0.4, 0.5) is 0 Å². The first-order valence-electron chi connectivity index (χ1n) is 8.34. The van der Waals surface area contributed by atoms with Gasteiger partial charge < -0.3 is 10.6 Å². The van der Waals surface area contributed by atoms with E-state index in [1.807, 2.05) is 6.92 Å². The largest absolute Gasteiger partial charge is 0.341 e. The third kappa shape index (κ3) is 3.88. The van der Waals surface area contributed by atoms with Gasteiger partial charge in [0.15, 0.2) is 0 Å². The van der Waals surface area contributed by atoms with Crippen molar-refractivity contribution in [2.75, 3.05) is 26.2 Å². The SMILES string of the molecule is Cc1ccc(S(=O)(=O)N2CCCC2C(=O)N2CCC(C)(CN)C2)s1.Cl. The van der Waals surface area contributed by atoms with Gasteiger partial charge in [-0.1, -0.05) is 6.92 Å². The molecule has 2 aliphatic heterocycles. The van der Waals surface area contributed by atoms with Gasteiger partial charge in [-0.3, -0.25) is 4.79 Å². The van der Waals surface area contributed by atoms with Gasteiger partial charge in [0.2, 0.25) is 5.91 Å². The van der Waals surface area contributed by atoms with E-state index in [2.05, 4.69) is 6.92 Å². The molecule has 9 heteroatoms. The van der Waals surface area contributed by atoms with Gasteiger partial charge in [-0.2, -0.15) is 4.31 Å². The number of sulfonamides is 1. The van der Waals surface area contributed by atoms with Crippen molar-refractivity contribution in [3.63, 3.8) is 0 Å². The Bertz CT molecular complexity index is 737. The first kappa shape index (κ1) is 20.6. The molecule has 0 bridgehead atoms. The van der Waals surface area contributed by atoms with Gasteiger partial charge in [0.05, 0.1) is 0 Å². The van der Waals surface area contributed by atoms with E-state index < -0.39 is 16.1 Å². The molecule has 0 aliphatic carbocycles. The van der Waals surface area contributed by atoms with Crippen LogP contribution in [0.3, 0.4) is 0 Å². The van der Waals surface area contributed by atoms with Crippen LogP contribution >= 0.6 is 23.7 Å². The van der Waals surface area contributed by atoms with Crippen molar-refractivity contribution in [2.24, 2.45) is 11.1 Å². The minimum absolute atomic E-state index is 0. The molecule has 2 fully saturated rings. The van der Waals surface area contributed by atoms with E-state index in [0.29, 0.717) is 36.8 Å². The Balaban J connectivity index is 0.00000225. The molecule has 2 unspecified atom stereocenters. The van der Waals surface area contributed by atoms with E-state index in [1.165, 1.54) is 15.6 Å². The van der Waals surface area contributed by atoms with E-state index >= 15 is 0 Å². The second-order valence-electron chi connectivity index (χ2n) is 7.16. The average molecular weight is 408 g/mol. The lowest BCUT2D eigenvalue weighted by atomic mass is 9.90. The summed E-state index contributed by atoms with van der Waals surface area (Å²) in [6, 6.07) is 2.87. The number of amides is 1. The minimum atomic E-state index is -3.60. The zero-order valence-corrected chi connectivity index (χ0v) is 17.1. The van der Waals surface area contributed by atoms with Gasteiger partial charge in [0.1, 0.15) is 10.3 Å². The van der Waals surface area contributed by atoms with Gasteiger partial charge in [0.25, 0.3) is 10.0 Å². The average Bonchev–Trinajstić information content (AvgIpc) is 3.26. The number of nitrogens with two attached hydrogens (primary N) is 1. The molecule has 2 N–H and O–H groups in total. The topological polar surface area (TPSA) is 83.7 Å². The Kier molecular flexibility index (Phi) is 6.21. The van der Waals surface area contributed by atoms with Crippen LogP contribution in [0.2, 0.25) is 0 Å². The summed E-state index contributed by atoms with van der Waals surface area (Å²) in [5.74, 6) is -0.0680. The second kappa shape index (κ2) is 7.52. The fraction of sp³-hybridized carbons (Fsp3) is 0.688. The van der Waals surface area contributed by atoms with E-state index in [-0.39, 0.29) is 23.7 Å². The summed E-state index contributed by atoms with van der Waals surface area (Å²) in [6.45, 7) is 6.20. The fourth-order valence-corrected chi connectivity index (χ4v) is 6.59. The van der Waals surface area contributed by atoms with Crippen LogP contribution in [0.5, 0.6) is 0 Å². The molecule has 2 atom stereocenters. The van der Waals surface area contributed by atoms with Crippen molar-refractivity contribution in [1.29, 1.82) is 0 Å². The molecule has 1 aromatic heterocycles. The number of thiophene rings is 1. The summed E-state index contributed by atoms with van der Waals surface area (Å²) in [5.41, 5.74) is 5.76. The van der Waals surface area contributed by atoms with E-state index in [9.17, 15) is 13.2 Å². The first-order valence-corrected chi connectivity index (χ1v) is 10.6. The highest BCUT2D eigenvalue weighted by Crippen LogP contribution is 2.34. The first-order chi connectivity index (χ1) is 11.3. The summed E-state index contributed by atoms with van der Waals surface area (Å²) in [6.07, 6.45) is 2.19. The third-order valence-corrected chi connectivity index (χ3v) is 8.51. The molecule has 0 spiro atoms. The summed E-state index contributed by atoms with van der Waals surface area (Å²) in [5, 5.41) is 0. The van der Waals surface area contributed by atoms with Crippen LogP contribution in [-0.2, 0) is 14.8 Å². The van der Waals surface area contributed by atoms with Crippen molar-refractivity contribution in [3.8, 4) is 0 Å². The maximum Gasteiger partial charge on any atom is 0.253 e. The van der Waals surface area contributed by atoms with Crippen molar-refractivity contribution >= 4 is 39.7 Å². The molecular formula is C16H26ClN3O3S2. The van der Waals surface area contributed by atoms with Crippen molar-refractivity contribution in [2.45, 2.75) is 43.4 Å². The van der Waals surface area contributed by atoms with Crippen LogP contribution in [0.1, 0.15) is 31.1 Å². The van der Waals surface area contributed by atoms with Crippen molar-refractivity contribution in [3.05, 3.63) is 17.0 Å². The molecule has 0 radical (unpaired) electrons. The predicted molar refractivity (Wildman–Crippen MR) is 102 cm³/mol. The highest BCUT2D eigenvalue weighted by Gasteiger charge is 2.44. The lowest BCUT2D eigenvalue weighted by molar-refractivity contribution is -0.133. The van der Waals surface area contributed by atoms with E-state index in [1.54, 1.807) is 17.0 Å². The Hall–Kier alpha value is -0.670. The molecule has 3 heterocycles. The van der Waals surface area contributed by atoms with Gasteiger partial charge in [0, 0.05) is 24.5 Å². The number of rotatable bonds is 4. The fourth-order valence-electron chi connectivity index (χ4n) is 3.53. The molecule has 2 aliphatic rings. The summed E-state index contributed by atoms with van der Waals surface area (Å²) < 4.78 is 27.5. The van der Waals surface area contributed by atoms with Gasteiger partial charge in [-0.15, -0.1) is 23.7 Å². The van der Waals surface area contributed by atoms with Crippen molar-refractivity contribution < 1.29 is 13.2 Å². The summed E-state index contributed by atoms with van der Waals surface area (Å²) in [7, 11) is -3.60. The van der Waals surface area contributed by atoms with Crippen LogP contribution < -0.4 is 5.73 Å². The number of nitrogens with zero attached hydrogens (tertiary/aromatic N) is 2. The predicted octanol–water partition coefficient (Wildman–Crippen LogP) is 1.83. The Morgan fingerprint density at radius 1 is 1.40 bits per heavy atom. The lowest BCUT2D eigenvalue weighted by Crippen LogP contribution is -2.47. The molecule has 0 aromatic carbocycles. The number of carbonyl (C=O) groups is 1. The van der Waals surface area contributed by atoms with E-state index in [4.69, 9.17) is 5.73 Å². The molecule has 2 saturated heterocycles. The summed E-state index contributed by atoms with van der Waals surface area (Å²) in [4.78, 5) is 15.7. The molecular weight excluding hydrogens is 382 g/mol. The number of likely N-dealkylation sites (tertiary alicyclic amines) is 1. The number of hydrogen-bond donors (Lipinski definition) is 1. The Morgan fingerprint density at radius 2 is 2.12 bits per heavy atom. The highest BCUT2D eigenvalue weighted by atomic mass is 35.5. The van der Waals surface area contributed by atoms with Crippen LogP contribution in [0, 0.1) is 12.3 Å². The van der Waals surface area contributed by atoms with Gasteiger partial charge in [-0.25, -0.2) is 8.42 Å². The quantitative estimate of drug-likeness (QED) is 0.825. The maximum absolute atomic E-state index is 12.9. The van der Waals surface area contributed by atoms with Crippen LogP contribution in [0.15, 0.2) is 16.3 Å². The molecule has 142 valence electrons. The van der Waals surface area contributed by atoms with E-state index in [0.717, 1.165) is 17.7 Å². The third-order valence-electron chi connectivity index (χ3n) is 5.13. The van der Waals surface area contributed by atoms with Gasteiger partial charge >= 0.3 is 0 Å². The lowest BCUT2D eigenvalue weighted by Gasteiger charge is -2.28. The number of aryl methyl sites for hydroxylation is 1. The molecule has 25 heavy (non-hydrogen) atoms. The molecule has 0 saturated carbocycles. The Labute approximate surface area is 159 Å². The second-order valence-corrected chi connectivity index (χ2v) is 10.6. The number of halogens is 1. The van der Waals surface area contributed by atoms with Crippen LogP contribution in [-0.4, -0.2) is 55.8 Å². The smallest absolute Gasteiger partial charge is 0.253 e. The molecule has 1 aromatic rings. The maximum atomic E-state index is 12.9. The monoisotopic (exact) mass is 407 g/mol. The molecule has 6 nitrogen and oxygen atoms in total.